The number of morpholine rings is 1. The summed E-state index contributed by atoms with van der Waals surface area (Å²) in [6.07, 6.45) is 0.891. The van der Waals surface area contributed by atoms with Crippen molar-refractivity contribution in [1.82, 2.24) is 10.2 Å². The van der Waals surface area contributed by atoms with E-state index in [9.17, 15) is 0 Å². The van der Waals surface area contributed by atoms with Crippen molar-refractivity contribution in [2.75, 3.05) is 58.4 Å². The normalized spacial score (nSPS) is 18.2. The molecule has 2 aliphatic rings. The fraction of sp³-hybridized carbons (Fsp3) is 0.458. The van der Waals surface area contributed by atoms with Gasteiger partial charge in [-0.25, -0.2) is 0 Å². The van der Waals surface area contributed by atoms with E-state index in [1.807, 2.05) is 18.2 Å². The van der Waals surface area contributed by atoms with Gasteiger partial charge in [0.05, 0.1) is 32.5 Å². The monoisotopic (exact) mass is 424 g/mol. The van der Waals surface area contributed by atoms with Gasteiger partial charge in [-0.15, -0.1) is 0 Å². The van der Waals surface area contributed by atoms with Gasteiger partial charge in [0.25, 0.3) is 0 Å². The van der Waals surface area contributed by atoms with Gasteiger partial charge in [0.2, 0.25) is 0 Å². The fourth-order valence-electron chi connectivity index (χ4n) is 3.97. The van der Waals surface area contributed by atoms with E-state index in [0.29, 0.717) is 13.2 Å². The van der Waals surface area contributed by atoms with Gasteiger partial charge in [-0.1, -0.05) is 29.8 Å². The highest BCUT2D eigenvalue weighted by Gasteiger charge is 2.23. The maximum atomic E-state index is 5.81. The van der Waals surface area contributed by atoms with Crippen molar-refractivity contribution in [3.63, 3.8) is 0 Å². The predicted molar refractivity (Wildman–Crippen MR) is 123 cm³/mol. The number of aryl methyl sites for hydroxylation is 1. The minimum absolute atomic E-state index is 0.242. The molecule has 0 spiro atoms. The second-order valence-electron chi connectivity index (χ2n) is 7.87. The lowest BCUT2D eigenvalue weighted by Gasteiger charge is -2.35. The Morgan fingerprint density at radius 3 is 2.61 bits per heavy atom. The van der Waals surface area contributed by atoms with Crippen molar-refractivity contribution in [2.45, 2.75) is 19.4 Å². The number of fused-ring (bicyclic) bond motifs is 1. The van der Waals surface area contributed by atoms with Crippen LogP contribution in [0.3, 0.4) is 0 Å². The molecule has 0 amide bonds. The van der Waals surface area contributed by atoms with Crippen LogP contribution in [0.4, 0.5) is 5.69 Å². The maximum absolute atomic E-state index is 5.81. The Morgan fingerprint density at radius 2 is 1.84 bits per heavy atom. The molecule has 0 bridgehead atoms. The summed E-state index contributed by atoms with van der Waals surface area (Å²) in [5.74, 6) is 2.28. The van der Waals surface area contributed by atoms with Crippen LogP contribution in [0.5, 0.6) is 11.5 Å². The highest BCUT2D eigenvalue weighted by Crippen LogP contribution is 2.32. The molecule has 1 fully saturated rings. The third kappa shape index (κ3) is 5.68. The molecule has 1 atom stereocenters. The summed E-state index contributed by atoms with van der Waals surface area (Å²) < 4.78 is 17.1. The topological polar surface area (TPSA) is 67.4 Å². The molecule has 0 aliphatic carbocycles. The number of aliphatic imine (C=N–C) groups is 1. The van der Waals surface area contributed by atoms with E-state index in [-0.39, 0.29) is 6.04 Å². The molecule has 2 aromatic rings. The molecule has 2 N–H and O–H groups in total. The fourth-order valence-corrected chi connectivity index (χ4v) is 3.97. The number of guanidine groups is 1. The Hall–Kier alpha value is -2.77. The lowest BCUT2D eigenvalue weighted by Crippen LogP contribution is -2.44. The lowest BCUT2D eigenvalue weighted by molar-refractivity contribution is 0.0170. The summed E-state index contributed by atoms with van der Waals surface area (Å²) in [6.45, 7) is 7.62. The predicted octanol–water partition coefficient (Wildman–Crippen LogP) is 3.22. The van der Waals surface area contributed by atoms with Crippen LogP contribution in [0.15, 0.2) is 47.5 Å². The first-order chi connectivity index (χ1) is 15.2. The van der Waals surface area contributed by atoms with Gasteiger partial charge in [0, 0.05) is 44.9 Å². The van der Waals surface area contributed by atoms with Crippen LogP contribution in [0.25, 0.3) is 0 Å². The Bertz CT molecular complexity index is 896. The van der Waals surface area contributed by atoms with Crippen molar-refractivity contribution in [2.24, 2.45) is 4.99 Å². The number of hydrogen-bond acceptors (Lipinski definition) is 5. The molecule has 2 heterocycles. The van der Waals surface area contributed by atoms with E-state index in [4.69, 9.17) is 14.2 Å². The van der Waals surface area contributed by atoms with Crippen LogP contribution < -0.4 is 20.1 Å². The minimum atomic E-state index is 0.242. The van der Waals surface area contributed by atoms with Crippen molar-refractivity contribution in [1.29, 1.82) is 0 Å². The highest BCUT2D eigenvalue weighted by atomic mass is 16.5. The van der Waals surface area contributed by atoms with Gasteiger partial charge in [0.1, 0.15) is 0 Å². The van der Waals surface area contributed by atoms with Crippen LogP contribution in [-0.2, 0) is 4.74 Å². The van der Waals surface area contributed by atoms with Gasteiger partial charge in [-0.2, -0.15) is 0 Å². The van der Waals surface area contributed by atoms with Gasteiger partial charge >= 0.3 is 0 Å². The summed E-state index contributed by atoms with van der Waals surface area (Å²) in [5, 5.41) is 6.89. The quantitative estimate of drug-likeness (QED) is 0.568. The largest absolute Gasteiger partial charge is 0.490 e. The van der Waals surface area contributed by atoms with Crippen molar-refractivity contribution < 1.29 is 14.2 Å². The van der Waals surface area contributed by atoms with E-state index in [0.717, 1.165) is 62.4 Å². The number of nitrogens with zero attached hydrogens (tertiary/aromatic N) is 2. The zero-order valence-corrected chi connectivity index (χ0v) is 18.4. The molecule has 1 unspecified atom stereocenters. The van der Waals surface area contributed by atoms with Crippen LogP contribution in [0, 0.1) is 6.92 Å². The second-order valence-corrected chi connectivity index (χ2v) is 7.87. The Labute approximate surface area is 184 Å². The molecule has 4 rings (SSSR count). The van der Waals surface area contributed by atoms with E-state index in [1.54, 1.807) is 7.05 Å². The molecule has 0 radical (unpaired) electrons. The molecule has 166 valence electrons. The summed E-state index contributed by atoms with van der Waals surface area (Å²) in [7, 11) is 1.79. The first-order valence-corrected chi connectivity index (χ1v) is 11.0. The Balaban J connectivity index is 1.44. The van der Waals surface area contributed by atoms with Gasteiger partial charge in [0.15, 0.2) is 17.5 Å². The smallest absolute Gasteiger partial charge is 0.195 e. The molecule has 2 aliphatic heterocycles. The van der Waals surface area contributed by atoms with Gasteiger partial charge in [-0.05, 0) is 24.6 Å². The van der Waals surface area contributed by atoms with Crippen molar-refractivity contribution in [3.8, 4) is 11.5 Å². The first-order valence-electron chi connectivity index (χ1n) is 11.0. The third-order valence-corrected chi connectivity index (χ3v) is 5.61. The molecule has 0 aromatic heterocycles. The molecule has 7 heteroatoms. The van der Waals surface area contributed by atoms with Crippen molar-refractivity contribution in [3.05, 3.63) is 53.6 Å². The number of benzene rings is 2. The SMILES string of the molecule is CN=C(NCC(c1cccc(C)c1)N1CCOCC1)Nc1ccc2c(c1)OCCCO2. The zero-order chi connectivity index (χ0) is 21.5. The van der Waals surface area contributed by atoms with Crippen LogP contribution >= 0.6 is 0 Å². The molecule has 7 nitrogen and oxygen atoms in total. The van der Waals surface area contributed by atoms with E-state index < -0.39 is 0 Å². The molecule has 2 aromatic carbocycles. The average Bonchev–Trinajstić information content (AvgIpc) is 3.04. The Morgan fingerprint density at radius 1 is 1.03 bits per heavy atom. The molecule has 31 heavy (non-hydrogen) atoms. The standard InChI is InChI=1S/C24H32N4O3/c1-18-5-3-6-19(15-18)21(28-9-13-29-14-10-28)17-26-24(25-2)27-20-7-8-22-23(16-20)31-12-4-11-30-22/h3,5-8,15-16,21H,4,9-14,17H2,1-2H3,(H2,25,26,27). The van der Waals surface area contributed by atoms with E-state index >= 15 is 0 Å². The third-order valence-electron chi connectivity index (χ3n) is 5.61. The number of rotatable bonds is 5. The first kappa shape index (κ1) is 21.5. The lowest BCUT2D eigenvalue weighted by atomic mass is 10.0. The van der Waals surface area contributed by atoms with Crippen LogP contribution in [0.1, 0.15) is 23.6 Å². The zero-order valence-electron chi connectivity index (χ0n) is 18.4. The van der Waals surface area contributed by atoms with E-state index in [1.165, 1.54) is 11.1 Å². The number of ether oxygens (including phenoxy) is 3. The Kier molecular flexibility index (Phi) is 7.27. The summed E-state index contributed by atoms with van der Waals surface area (Å²) in [5.41, 5.74) is 3.49. The van der Waals surface area contributed by atoms with Gasteiger partial charge in [-0.3, -0.25) is 9.89 Å². The van der Waals surface area contributed by atoms with Crippen molar-refractivity contribution >= 4 is 11.6 Å². The van der Waals surface area contributed by atoms with E-state index in [2.05, 4.69) is 51.7 Å². The van der Waals surface area contributed by atoms with Gasteiger partial charge < -0.3 is 24.8 Å². The minimum Gasteiger partial charge on any atom is -0.490 e. The number of anilines is 1. The number of nitrogens with one attached hydrogen (secondary N) is 2. The molecule has 0 saturated carbocycles. The van der Waals surface area contributed by atoms with Crippen LogP contribution in [0.2, 0.25) is 0 Å². The molecular formula is C24H32N4O3. The second kappa shape index (κ2) is 10.5. The molecule has 1 saturated heterocycles. The number of hydrogen-bond donors (Lipinski definition) is 2. The summed E-state index contributed by atoms with van der Waals surface area (Å²) in [6, 6.07) is 14.9. The molecular weight excluding hydrogens is 392 g/mol. The maximum Gasteiger partial charge on any atom is 0.195 e. The summed E-state index contributed by atoms with van der Waals surface area (Å²) >= 11 is 0. The van der Waals surface area contributed by atoms with Crippen LogP contribution in [-0.4, -0.2) is 64.0 Å². The summed E-state index contributed by atoms with van der Waals surface area (Å²) in [4.78, 5) is 6.90. The average molecular weight is 425 g/mol. The highest BCUT2D eigenvalue weighted by molar-refractivity contribution is 5.93.